The van der Waals surface area contributed by atoms with Gasteiger partial charge in [0.2, 0.25) is 5.91 Å². The first-order valence-corrected chi connectivity index (χ1v) is 5.58. The Morgan fingerprint density at radius 1 is 1.50 bits per heavy atom. The molecule has 1 amide bonds. The maximum atomic E-state index is 11.8. The number of nitrogens with one attached hydrogen (secondary N) is 1. The van der Waals surface area contributed by atoms with E-state index in [9.17, 15) is 4.79 Å². The molecule has 1 aromatic heterocycles. The van der Waals surface area contributed by atoms with Crippen LogP contribution in [0.15, 0.2) is 12.7 Å². The average molecular weight is 324 g/mol. The van der Waals surface area contributed by atoms with Crippen LogP contribution in [0, 0.1) is 5.41 Å². The molecule has 14 heavy (non-hydrogen) atoms. The van der Waals surface area contributed by atoms with Crippen LogP contribution in [-0.2, 0) is 4.79 Å². The molecule has 1 atom stereocenters. The third-order valence-corrected chi connectivity index (χ3v) is 4.72. The minimum Gasteiger partial charge on any atom is -0.273 e. The number of hydrogen-bond donors (Lipinski definition) is 1. The van der Waals surface area contributed by atoms with Crippen molar-refractivity contribution in [2.75, 3.05) is 5.43 Å². The molecular weight excluding hydrogens is 316 g/mol. The lowest BCUT2D eigenvalue weighted by molar-refractivity contribution is -0.121. The number of alkyl halides is 2. The number of hydrogen-bond acceptors (Lipinski definition) is 3. The lowest BCUT2D eigenvalue weighted by Crippen LogP contribution is -2.31. The van der Waals surface area contributed by atoms with Crippen LogP contribution in [0.4, 0.5) is 0 Å². The molecule has 1 aromatic rings. The van der Waals surface area contributed by atoms with Gasteiger partial charge in [0.1, 0.15) is 12.7 Å². The number of carbonyl (C=O) groups is 1. The van der Waals surface area contributed by atoms with Crippen LogP contribution in [0.3, 0.4) is 0 Å². The summed E-state index contributed by atoms with van der Waals surface area (Å²) in [5, 5.41) is 7.18. The number of rotatable bonds is 2. The van der Waals surface area contributed by atoms with E-state index in [1.807, 2.05) is 6.92 Å². The number of aromatic nitrogens is 3. The molecule has 0 spiro atoms. The molecule has 1 fully saturated rings. The Morgan fingerprint density at radius 2 is 2.00 bits per heavy atom. The molecule has 7 heteroatoms. The van der Waals surface area contributed by atoms with E-state index in [-0.39, 0.29) is 9.14 Å². The van der Waals surface area contributed by atoms with Gasteiger partial charge in [-0.2, -0.15) is 0 Å². The summed E-state index contributed by atoms with van der Waals surface area (Å²) in [4.78, 5) is 11.8. The van der Waals surface area contributed by atoms with Crippen LogP contribution in [0.1, 0.15) is 13.3 Å². The Balaban J connectivity index is 2.05. The van der Waals surface area contributed by atoms with Gasteiger partial charge in [-0.15, -0.1) is 10.2 Å². The van der Waals surface area contributed by atoms with E-state index >= 15 is 0 Å². The predicted octanol–water partition coefficient (Wildman–Crippen LogP) is 1.24. The Hall–Kier alpha value is -0.430. The zero-order valence-corrected chi connectivity index (χ0v) is 10.5. The Morgan fingerprint density at radius 3 is 2.43 bits per heavy atom. The normalized spacial score (nSPS) is 28.5. The quantitative estimate of drug-likeness (QED) is 0.833. The summed E-state index contributed by atoms with van der Waals surface area (Å²) in [7, 11) is 0. The van der Waals surface area contributed by atoms with Crippen molar-refractivity contribution in [3.63, 3.8) is 0 Å². The van der Waals surface area contributed by atoms with Crippen molar-refractivity contribution in [3.8, 4) is 0 Å². The molecule has 0 bridgehead atoms. The largest absolute Gasteiger partial charge is 0.273 e. The second-order valence-corrected chi connectivity index (χ2v) is 7.30. The molecule has 0 aliphatic heterocycles. The number of nitrogens with zero attached hydrogens (tertiary/aromatic N) is 3. The molecular formula is C7H8Br2N4O. The molecule has 0 unspecified atom stereocenters. The van der Waals surface area contributed by atoms with Crippen LogP contribution in [0.25, 0.3) is 0 Å². The van der Waals surface area contributed by atoms with Crippen LogP contribution in [-0.4, -0.2) is 24.0 Å². The molecule has 0 saturated heterocycles. The molecule has 1 N–H and O–H groups in total. The topological polar surface area (TPSA) is 59.8 Å². The monoisotopic (exact) mass is 322 g/mol. The van der Waals surface area contributed by atoms with Gasteiger partial charge in [-0.25, -0.2) is 4.68 Å². The van der Waals surface area contributed by atoms with Crippen LogP contribution >= 0.6 is 31.9 Å². The van der Waals surface area contributed by atoms with Crippen molar-refractivity contribution in [1.82, 2.24) is 14.9 Å². The second kappa shape index (κ2) is 3.03. The van der Waals surface area contributed by atoms with Gasteiger partial charge in [0, 0.05) is 0 Å². The summed E-state index contributed by atoms with van der Waals surface area (Å²) in [5.41, 5.74) is 2.25. The van der Waals surface area contributed by atoms with Gasteiger partial charge in [-0.1, -0.05) is 31.9 Å². The highest BCUT2D eigenvalue weighted by Gasteiger charge is 2.66. The van der Waals surface area contributed by atoms with Gasteiger partial charge in [0.15, 0.2) is 0 Å². The lowest BCUT2D eigenvalue weighted by atomic mass is 10.1. The number of amides is 1. The summed E-state index contributed by atoms with van der Waals surface area (Å²) >= 11 is 6.86. The van der Waals surface area contributed by atoms with Crippen molar-refractivity contribution < 1.29 is 4.79 Å². The highest BCUT2D eigenvalue weighted by Crippen LogP contribution is 2.66. The van der Waals surface area contributed by atoms with E-state index in [4.69, 9.17) is 0 Å². The standard InChI is InChI=1S/C7H8Br2N4O/c1-6(2-7(6,8)9)5(14)12-13-3-10-11-4-13/h3-4H,2H2,1H3,(H,12,14)/t6-/m1/s1. The fourth-order valence-electron chi connectivity index (χ4n) is 1.15. The van der Waals surface area contributed by atoms with E-state index in [1.165, 1.54) is 17.3 Å². The fraction of sp³-hybridized carbons (Fsp3) is 0.571. The molecule has 0 radical (unpaired) electrons. The zero-order valence-electron chi connectivity index (χ0n) is 7.37. The van der Waals surface area contributed by atoms with Crippen LogP contribution in [0.5, 0.6) is 0 Å². The molecule has 76 valence electrons. The van der Waals surface area contributed by atoms with Gasteiger partial charge in [0.25, 0.3) is 0 Å². The van der Waals surface area contributed by atoms with E-state index < -0.39 is 5.41 Å². The van der Waals surface area contributed by atoms with Crippen molar-refractivity contribution in [3.05, 3.63) is 12.7 Å². The first-order chi connectivity index (χ1) is 6.46. The molecule has 1 aliphatic rings. The maximum Gasteiger partial charge on any atom is 0.247 e. The van der Waals surface area contributed by atoms with E-state index in [2.05, 4.69) is 47.5 Å². The summed E-state index contributed by atoms with van der Waals surface area (Å²) in [6.45, 7) is 1.89. The highest BCUT2D eigenvalue weighted by molar-refractivity contribution is 9.25. The SMILES string of the molecule is C[C@]1(C(=O)Nn2cnnc2)CC1(Br)Br. The third kappa shape index (κ3) is 1.48. The minimum atomic E-state index is -0.419. The Bertz CT molecular complexity index is 364. The van der Waals surface area contributed by atoms with Gasteiger partial charge in [-0.3, -0.25) is 10.2 Å². The maximum absolute atomic E-state index is 11.8. The Labute approximate surface area is 97.5 Å². The lowest BCUT2D eigenvalue weighted by Gasteiger charge is -2.12. The predicted molar refractivity (Wildman–Crippen MR) is 57.7 cm³/mol. The van der Waals surface area contributed by atoms with Gasteiger partial charge < -0.3 is 0 Å². The second-order valence-electron chi connectivity index (χ2n) is 3.52. The van der Waals surface area contributed by atoms with E-state index in [0.717, 1.165) is 6.42 Å². The van der Waals surface area contributed by atoms with Gasteiger partial charge >= 0.3 is 0 Å². The smallest absolute Gasteiger partial charge is 0.247 e. The molecule has 2 rings (SSSR count). The number of halogens is 2. The van der Waals surface area contributed by atoms with E-state index in [1.54, 1.807) is 0 Å². The van der Waals surface area contributed by atoms with Crippen LogP contribution < -0.4 is 5.43 Å². The van der Waals surface area contributed by atoms with Gasteiger partial charge in [-0.05, 0) is 13.3 Å². The van der Waals surface area contributed by atoms with Crippen molar-refractivity contribution in [1.29, 1.82) is 0 Å². The summed E-state index contributed by atoms with van der Waals surface area (Å²) < 4.78 is 1.16. The molecule has 0 aromatic carbocycles. The van der Waals surface area contributed by atoms with Crippen molar-refractivity contribution in [2.45, 2.75) is 16.6 Å². The van der Waals surface area contributed by atoms with Crippen LogP contribution in [0.2, 0.25) is 0 Å². The zero-order chi connectivity index (χ0) is 10.4. The van der Waals surface area contributed by atoms with E-state index in [0.29, 0.717) is 0 Å². The van der Waals surface area contributed by atoms with Crippen molar-refractivity contribution in [2.24, 2.45) is 5.41 Å². The molecule has 1 saturated carbocycles. The first kappa shape index (κ1) is 10.1. The molecule has 5 nitrogen and oxygen atoms in total. The Kier molecular flexibility index (Phi) is 2.19. The molecule has 1 aliphatic carbocycles. The molecule has 1 heterocycles. The first-order valence-electron chi connectivity index (χ1n) is 4.00. The fourth-order valence-corrected chi connectivity index (χ4v) is 2.63. The summed E-state index contributed by atoms with van der Waals surface area (Å²) in [6, 6.07) is 0. The minimum absolute atomic E-state index is 0.0638. The summed E-state index contributed by atoms with van der Waals surface area (Å²) in [6.07, 6.45) is 3.63. The average Bonchev–Trinajstić information content (AvgIpc) is 2.54. The van der Waals surface area contributed by atoms with Crippen molar-refractivity contribution >= 4 is 37.8 Å². The van der Waals surface area contributed by atoms with Gasteiger partial charge in [0.05, 0.1) is 8.65 Å². The summed E-state index contributed by atoms with van der Waals surface area (Å²) in [5.74, 6) is -0.0638. The third-order valence-electron chi connectivity index (χ3n) is 2.41. The number of carbonyl (C=O) groups excluding carboxylic acids is 1. The highest BCUT2D eigenvalue weighted by atomic mass is 79.9.